The predicted octanol–water partition coefficient (Wildman–Crippen LogP) is 2.43. The topological polar surface area (TPSA) is 29.1 Å². The van der Waals surface area contributed by atoms with Gasteiger partial charge in [-0.1, -0.05) is 0 Å². The van der Waals surface area contributed by atoms with E-state index < -0.39 is 0 Å². The van der Waals surface area contributed by atoms with Crippen LogP contribution in [0.1, 0.15) is 16.8 Å². The van der Waals surface area contributed by atoms with Crippen LogP contribution in [0, 0.1) is 9.39 Å². The second-order valence-corrected chi connectivity index (χ2v) is 4.04. The van der Waals surface area contributed by atoms with E-state index >= 15 is 0 Å². The zero-order valence-corrected chi connectivity index (χ0v) is 8.89. The Labute approximate surface area is 88.7 Å². The van der Waals surface area contributed by atoms with Crippen molar-refractivity contribution in [2.24, 2.45) is 0 Å². The molecule has 1 aliphatic heterocycles. The minimum Gasteiger partial charge on any atom is -0.382 e. The van der Waals surface area contributed by atoms with E-state index in [0.717, 1.165) is 3.57 Å². The standard InChI is InChI=1S/C9H7FINO/c10-5-1-2-6(11)8-7(13)3-4-12-9(5)8/h1-2,12H,3-4H2. The van der Waals surface area contributed by atoms with Gasteiger partial charge in [0, 0.05) is 16.5 Å². The molecule has 4 heteroatoms. The Hall–Kier alpha value is -0.650. The number of halogens is 2. The molecule has 0 spiro atoms. The molecule has 13 heavy (non-hydrogen) atoms. The lowest BCUT2D eigenvalue weighted by molar-refractivity contribution is 0.0982. The third-order valence-corrected chi connectivity index (χ3v) is 2.94. The van der Waals surface area contributed by atoms with Crippen molar-refractivity contribution in [3.05, 3.63) is 27.1 Å². The van der Waals surface area contributed by atoms with Crippen LogP contribution in [0.2, 0.25) is 0 Å². The van der Waals surface area contributed by atoms with Crippen LogP contribution < -0.4 is 5.32 Å². The molecule has 2 nitrogen and oxygen atoms in total. The van der Waals surface area contributed by atoms with Gasteiger partial charge >= 0.3 is 0 Å². The molecule has 0 saturated carbocycles. The smallest absolute Gasteiger partial charge is 0.167 e. The van der Waals surface area contributed by atoms with Gasteiger partial charge in [-0.05, 0) is 34.7 Å². The number of hydrogen-bond acceptors (Lipinski definition) is 2. The summed E-state index contributed by atoms with van der Waals surface area (Å²) in [6.07, 6.45) is 0.451. The summed E-state index contributed by atoms with van der Waals surface area (Å²) in [5, 5.41) is 2.90. The van der Waals surface area contributed by atoms with Gasteiger partial charge < -0.3 is 5.32 Å². The minimum atomic E-state index is -0.344. The van der Waals surface area contributed by atoms with Gasteiger partial charge in [-0.25, -0.2) is 4.39 Å². The molecule has 1 aromatic rings. The first-order valence-corrected chi connectivity index (χ1v) is 5.03. The maximum atomic E-state index is 13.2. The van der Waals surface area contributed by atoms with Crippen LogP contribution in [0.4, 0.5) is 10.1 Å². The van der Waals surface area contributed by atoms with Gasteiger partial charge in [0.05, 0.1) is 11.3 Å². The second kappa shape index (κ2) is 3.25. The van der Waals surface area contributed by atoms with Crippen molar-refractivity contribution >= 4 is 34.1 Å². The second-order valence-electron chi connectivity index (χ2n) is 2.88. The molecule has 0 aromatic heterocycles. The molecule has 0 aliphatic carbocycles. The van der Waals surface area contributed by atoms with Gasteiger partial charge in [0.25, 0.3) is 0 Å². The highest BCUT2D eigenvalue weighted by Crippen LogP contribution is 2.28. The van der Waals surface area contributed by atoms with Gasteiger partial charge in [-0.15, -0.1) is 0 Å². The van der Waals surface area contributed by atoms with Gasteiger partial charge in [-0.2, -0.15) is 0 Å². The molecule has 1 N–H and O–H groups in total. The number of ketones is 1. The van der Waals surface area contributed by atoms with Crippen LogP contribution in [-0.2, 0) is 0 Å². The molecule has 0 bridgehead atoms. The van der Waals surface area contributed by atoms with Crippen LogP contribution in [0.3, 0.4) is 0 Å². The van der Waals surface area contributed by atoms with Crippen LogP contribution in [0.5, 0.6) is 0 Å². The number of nitrogens with one attached hydrogen (secondary N) is 1. The average Bonchev–Trinajstić information content (AvgIpc) is 2.12. The molecule has 1 aliphatic rings. The molecule has 0 atom stereocenters. The summed E-state index contributed by atoms with van der Waals surface area (Å²) in [7, 11) is 0. The highest BCUT2D eigenvalue weighted by atomic mass is 127. The third-order valence-electron chi connectivity index (χ3n) is 2.04. The fraction of sp³-hybridized carbons (Fsp3) is 0.222. The van der Waals surface area contributed by atoms with E-state index in [9.17, 15) is 9.18 Å². The monoisotopic (exact) mass is 291 g/mol. The van der Waals surface area contributed by atoms with Gasteiger partial charge in [-0.3, -0.25) is 4.79 Å². The maximum absolute atomic E-state index is 13.2. The van der Waals surface area contributed by atoms with E-state index in [1.807, 2.05) is 22.6 Å². The van der Waals surface area contributed by atoms with Gasteiger partial charge in [0.2, 0.25) is 0 Å². The van der Waals surface area contributed by atoms with Crippen molar-refractivity contribution in [3.63, 3.8) is 0 Å². The molecular formula is C9H7FINO. The summed E-state index contributed by atoms with van der Waals surface area (Å²) in [6.45, 7) is 0.531. The molecule has 68 valence electrons. The molecular weight excluding hydrogens is 284 g/mol. The zero-order valence-electron chi connectivity index (χ0n) is 6.73. The number of carbonyl (C=O) groups excluding carboxylic acids is 1. The summed E-state index contributed by atoms with van der Waals surface area (Å²) in [5.74, 6) is -0.318. The van der Waals surface area contributed by atoms with E-state index in [-0.39, 0.29) is 11.6 Å². The summed E-state index contributed by atoms with van der Waals surface area (Å²) >= 11 is 2.05. The fourth-order valence-electron chi connectivity index (χ4n) is 1.42. The molecule has 0 amide bonds. The molecule has 0 saturated heterocycles. The lowest BCUT2D eigenvalue weighted by atomic mass is 10.0. The Balaban J connectivity index is 2.67. The number of Topliss-reactive ketones (excluding diaryl/α,β-unsaturated/α-hetero) is 1. The van der Waals surface area contributed by atoms with E-state index in [0.29, 0.717) is 24.2 Å². The van der Waals surface area contributed by atoms with Crippen LogP contribution in [0.25, 0.3) is 0 Å². The lowest BCUT2D eigenvalue weighted by Crippen LogP contribution is -2.20. The first kappa shape index (κ1) is 8.93. The third kappa shape index (κ3) is 1.43. The maximum Gasteiger partial charge on any atom is 0.167 e. The van der Waals surface area contributed by atoms with Gasteiger partial charge in [0.15, 0.2) is 5.78 Å². The van der Waals surface area contributed by atoms with E-state index in [2.05, 4.69) is 5.32 Å². The summed E-state index contributed by atoms with van der Waals surface area (Å²) in [5.41, 5.74) is 0.870. The number of benzene rings is 1. The predicted molar refractivity (Wildman–Crippen MR) is 56.6 cm³/mol. The molecule has 2 rings (SSSR count). The number of rotatable bonds is 0. The largest absolute Gasteiger partial charge is 0.382 e. The van der Waals surface area contributed by atoms with Crippen LogP contribution in [-0.4, -0.2) is 12.3 Å². The normalized spacial score (nSPS) is 15.1. The Morgan fingerprint density at radius 3 is 2.92 bits per heavy atom. The van der Waals surface area contributed by atoms with E-state index in [4.69, 9.17) is 0 Å². The van der Waals surface area contributed by atoms with Crippen molar-refractivity contribution < 1.29 is 9.18 Å². The SMILES string of the molecule is O=C1CCNc2c(F)ccc(I)c21. The first-order chi connectivity index (χ1) is 6.20. The number of anilines is 1. The van der Waals surface area contributed by atoms with Crippen molar-refractivity contribution in [2.75, 3.05) is 11.9 Å². The Morgan fingerprint density at radius 1 is 1.46 bits per heavy atom. The molecule has 1 aromatic carbocycles. The Bertz CT molecular complexity index is 378. The van der Waals surface area contributed by atoms with Crippen molar-refractivity contribution in [1.29, 1.82) is 0 Å². The number of hydrogen-bond donors (Lipinski definition) is 1. The highest BCUT2D eigenvalue weighted by molar-refractivity contribution is 14.1. The summed E-state index contributed by atoms with van der Waals surface area (Å²) < 4.78 is 14.0. The lowest BCUT2D eigenvalue weighted by Gasteiger charge is -2.18. The minimum absolute atomic E-state index is 0.0256. The molecule has 0 radical (unpaired) electrons. The van der Waals surface area contributed by atoms with Crippen molar-refractivity contribution in [3.8, 4) is 0 Å². The first-order valence-electron chi connectivity index (χ1n) is 3.95. The van der Waals surface area contributed by atoms with Crippen LogP contribution >= 0.6 is 22.6 Å². The van der Waals surface area contributed by atoms with Crippen molar-refractivity contribution in [1.82, 2.24) is 0 Å². The summed E-state index contributed by atoms with van der Waals surface area (Å²) in [6, 6.07) is 3.01. The van der Waals surface area contributed by atoms with Crippen molar-refractivity contribution in [2.45, 2.75) is 6.42 Å². The molecule has 0 fully saturated rings. The van der Waals surface area contributed by atoms with E-state index in [1.54, 1.807) is 6.07 Å². The average molecular weight is 291 g/mol. The number of fused-ring (bicyclic) bond motifs is 1. The van der Waals surface area contributed by atoms with E-state index in [1.165, 1.54) is 6.07 Å². The Morgan fingerprint density at radius 2 is 2.23 bits per heavy atom. The summed E-state index contributed by atoms with van der Waals surface area (Å²) in [4.78, 5) is 11.4. The van der Waals surface area contributed by atoms with Gasteiger partial charge in [0.1, 0.15) is 5.82 Å². The quantitative estimate of drug-likeness (QED) is 0.744. The molecule has 1 heterocycles. The highest BCUT2D eigenvalue weighted by Gasteiger charge is 2.22. The fourth-order valence-corrected chi connectivity index (χ4v) is 2.17. The molecule has 0 unspecified atom stereocenters. The number of carbonyl (C=O) groups is 1. The Kier molecular flexibility index (Phi) is 2.23. The van der Waals surface area contributed by atoms with Crippen LogP contribution in [0.15, 0.2) is 12.1 Å². The zero-order chi connectivity index (χ0) is 9.42.